The summed E-state index contributed by atoms with van der Waals surface area (Å²) in [7, 11) is -1.52. The van der Waals surface area contributed by atoms with Crippen LogP contribution in [-0.4, -0.2) is 51.3 Å². The van der Waals surface area contributed by atoms with Gasteiger partial charge in [0.05, 0.1) is 37.0 Å². The van der Waals surface area contributed by atoms with E-state index in [1.54, 1.807) is 24.3 Å². The third-order valence-corrected chi connectivity index (χ3v) is 9.77. The third-order valence-electron chi connectivity index (χ3n) is 7.83. The highest BCUT2D eigenvalue weighted by atomic mass is 35.5. The van der Waals surface area contributed by atoms with Crippen LogP contribution in [0.1, 0.15) is 46.3 Å². The van der Waals surface area contributed by atoms with Crippen molar-refractivity contribution >= 4 is 39.5 Å². The Kier molecular flexibility index (Phi) is 7.04. The monoisotopic (exact) mass is 607 g/mol. The molecular formula is C30H26ClN3O7S. The molecule has 0 bridgehead atoms. The summed E-state index contributed by atoms with van der Waals surface area (Å²) in [5.41, 5.74) is -0.729. The van der Waals surface area contributed by atoms with E-state index >= 15 is 4.79 Å². The van der Waals surface area contributed by atoms with Crippen molar-refractivity contribution in [2.75, 3.05) is 25.1 Å². The molecule has 2 atom stereocenters. The number of aldehydes is 1. The van der Waals surface area contributed by atoms with E-state index in [-0.39, 0.29) is 16.1 Å². The number of nitrogens with zero attached hydrogens (tertiary/aromatic N) is 3. The van der Waals surface area contributed by atoms with Crippen LogP contribution in [0.2, 0.25) is 5.02 Å². The lowest BCUT2D eigenvalue weighted by atomic mass is 9.80. The summed E-state index contributed by atoms with van der Waals surface area (Å²) in [5, 5.41) is 0.298. The molecule has 12 heteroatoms. The van der Waals surface area contributed by atoms with Gasteiger partial charge in [0.1, 0.15) is 24.0 Å². The summed E-state index contributed by atoms with van der Waals surface area (Å²) < 4.78 is 46.1. The first-order valence-electron chi connectivity index (χ1n) is 13.1. The third kappa shape index (κ3) is 4.11. The van der Waals surface area contributed by atoms with Crippen molar-refractivity contribution in [3.8, 4) is 11.5 Å². The van der Waals surface area contributed by atoms with Gasteiger partial charge in [0.15, 0.2) is 5.54 Å². The van der Waals surface area contributed by atoms with Crippen LogP contribution < -0.4 is 13.8 Å². The Morgan fingerprint density at radius 2 is 1.83 bits per heavy atom. The van der Waals surface area contributed by atoms with Crippen molar-refractivity contribution in [3.63, 3.8) is 0 Å². The highest BCUT2D eigenvalue weighted by Gasteiger charge is 2.62. The summed E-state index contributed by atoms with van der Waals surface area (Å²) in [6.07, 6.45) is 4.89. The normalized spacial score (nSPS) is 20.5. The van der Waals surface area contributed by atoms with E-state index in [1.165, 1.54) is 63.1 Å². The number of anilines is 1. The Morgan fingerprint density at radius 1 is 1.05 bits per heavy atom. The van der Waals surface area contributed by atoms with Crippen LogP contribution >= 0.6 is 11.6 Å². The lowest BCUT2D eigenvalue weighted by Gasteiger charge is -2.41. The zero-order valence-corrected chi connectivity index (χ0v) is 24.3. The number of hydrogen-bond acceptors (Lipinski definition) is 9. The lowest BCUT2D eigenvalue weighted by Crippen LogP contribution is -2.54. The molecule has 10 nitrogen and oxygen atoms in total. The van der Waals surface area contributed by atoms with Crippen molar-refractivity contribution in [2.45, 2.75) is 29.3 Å². The van der Waals surface area contributed by atoms with Gasteiger partial charge >= 0.3 is 0 Å². The van der Waals surface area contributed by atoms with Crippen LogP contribution in [0.15, 0.2) is 82.4 Å². The predicted octanol–water partition coefficient (Wildman–Crippen LogP) is 4.97. The Morgan fingerprint density at radius 3 is 2.50 bits per heavy atom. The van der Waals surface area contributed by atoms with E-state index < -0.39 is 27.5 Å². The molecule has 0 N–H and O–H groups in total. The number of ether oxygens (including phenoxy) is 2. The van der Waals surface area contributed by atoms with Crippen LogP contribution in [0, 0.1) is 0 Å². The molecule has 2 aliphatic rings. The Balaban J connectivity index is 1.68. The van der Waals surface area contributed by atoms with Crippen LogP contribution in [0.5, 0.6) is 11.5 Å². The SMILES string of the molecule is COc1ccc(S(=O)(=O)N2C(=O)C(c3cc(C=O)ccc3OC)(N3CCC[C@H]3c3ncco3)c3cc(Cl)ccc32)cc1. The smallest absolute Gasteiger partial charge is 0.271 e. The summed E-state index contributed by atoms with van der Waals surface area (Å²) in [4.78, 5) is 33.3. The molecule has 0 radical (unpaired) electrons. The molecule has 1 saturated heterocycles. The van der Waals surface area contributed by atoms with Gasteiger partial charge in [0.25, 0.3) is 15.9 Å². The highest BCUT2D eigenvalue weighted by molar-refractivity contribution is 7.93. The van der Waals surface area contributed by atoms with Crippen LogP contribution in [-0.2, 0) is 20.4 Å². The van der Waals surface area contributed by atoms with Crippen LogP contribution in [0.3, 0.4) is 0 Å². The maximum atomic E-state index is 15.2. The number of methoxy groups -OCH3 is 2. The number of aromatic nitrogens is 1. The summed E-state index contributed by atoms with van der Waals surface area (Å²) in [5.74, 6) is 0.367. The van der Waals surface area contributed by atoms with E-state index in [2.05, 4.69) is 4.98 Å². The second-order valence-corrected chi connectivity index (χ2v) is 12.1. The van der Waals surface area contributed by atoms with Gasteiger partial charge in [0, 0.05) is 28.3 Å². The number of sulfonamides is 1. The Bertz CT molecular complexity index is 1780. The van der Waals surface area contributed by atoms with Crippen molar-refractivity contribution in [3.05, 3.63) is 101 Å². The first kappa shape index (κ1) is 28.0. The molecule has 1 fully saturated rings. The van der Waals surface area contributed by atoms with Gasteiger partial charge < -0.3 is 13.9 Å². The van der Waals surface area contributed by atoms with Crippen LogP contribution in [0.25, 0.3) is 0 Å². The molecule has 3 aromatic carbocycles. The van der Waals surface area contributed by atoms with E-state index in [9.17, 15) is 13.2 Å². The first-order chi connectivity index (χ1) is 20.3. The van der Waals surface area contributed by atoms with Gasteiger partial charge in [-0.2, -0.15) is 0 Å². The van der Waals surface area contributed by atoms with Crippen molar-refractivity contribution in [2.24, 2.45) is 0 Å². The van der Waals surface area contributed by atoms with E-state index in [4.69, 9.17) is 25.5 Å². The predicted molar refractivity (Wildman–Crippen MR) is 153 cm³/mol. The molecule has 6 rings (SSSR count). The van der Waals surface area contributed by atoms with Gasteiger partial charge in [-0.25, -0.2) is 17.7 Å². The fourth-order valence-corrected chi connectivity index (χ4v) is 7.67. The molecule has 0 spiro atoms. The minimum absolute atomic E-state index is 0.104. The molecule has 42 heavy (non-hydrogen) atoms. The van der Waals surface area contributed by atoms with E-state index in [0.29, 0.717) is 59.2 Å². The number of carbonyl (C=O) groups excluding carboxylic acids is 2. The minimum atomic E-state index is -4.45. The molecular weight excluding hydrogens is 582 g/mol. The highest BCUT2D eigenvalue weighted by Crippen LogP contribution is 2.56. The molecule has 4 aromatic rings. The molecule has 3 heterocycles. The number of amides is 1. The quantitative estimate of drug-likeness (QED) is 0.256. The maximum Gasteiger partial charge on any atom is 0.271 e. The van der Waals surface area contributed by atoms with Gasteiger partial charge in [0.2, 0.25) is 5.89 Å². The average Bonchev–Trinajstić information content (AvgIpc) is 3.75. The molecule has 216 valence electrons. The van der Waals surface area contributed by atoms with Crippen molar-refractivity contribution in [1.82, 2.24) is 9.88 Å². The van der Waals surface area contributed by atoms with Gasteiger partial charge in [-0.3, -0.25) is 14.5 Å². The number of halogens is 1. The standard InChI is InChI=1S/C30H26ClN3O7S/c1-39-21-7-9-22(10-8-21)42(37,38)34-25-11-6-20(31)17-23(25)30(29(34)36,24-16-19(18-35)5-12-27(24)40-2)33-14-3-4-26(33)28-32-13-15-41-28/h5-13,15-18,26H,3-4,14H2,1-2H3/t26-,30?/m0/s1. The molecule has 1 aromatic heterocycles. The summed E-state index contributed by atoms with van der Waals surface area (Å²) >= 11 is 6.54. The number of benzene rings is 3. The van der Waals surface area contributed by atoms with Crippen molar-refractivity contribution in [1.29, 1.82) is 0 Å². The average molecular weight is 608 g/mol. The molecule has 2 aliphatic heterocycles. The zero-order valence-electron chi connectivity index (χ0n) is 22.7. The lowest BCUT2D eigenvalue weighted by molar-refractivity contribution is -0.127. The fourth-order valence-electron chi connectivity index (χ4n) is 6.04. The number of rotatable bonds is 8. The topological polar surface area (TPSA) is 119 Å². The second kappa shape index (κ2) is 10.6. The summed E-state index contributed by atoms with van der Waals surface area (Å²) in [6.45, 7) is 0.385. The number of oxazole rings is 1. The van der Waals surface area contributed by atoms with Crippen molar-refractivity contribution < 1.29 is 31.9 Å². The van der Waals surface area contributed by atoms with E-state index in [0.717, 1.165) is 4.31 Å². The number of hydrogen-bond donors (Lipinski definition) is 0. The van der Waals surface area contributed by atoms with Gasteiger partial charge in [-0.1, -0.05) is 11.6 Å². The van der Waals surface area contributed by atoms with Gasteiger partial charge in [-0.15, -0.1) is 0 Å². The van der Waals surface area contributed by atoms with Crippen LogP contribution in [0.4, 0.5) is 5.69 Å². The minimum Gasteiger partial charge on any atom is -0.497 e. The molecule has 0 saturated carbocycles. The first-order valence-corrected chi connectivity index (χ1v) is 14.9. The number of carbonyl (C=O) groups is 2. The molecule has 1 amide bonds. The maximum absolute atomic E-state index is 15.2. The second-order valence-electron chi connectivity index (χ2n) is 9.92. The molecule has 1 unspecified atom stereocenters. The Hall–Kier alpha value is -4.19. The van der Waals surface area contributed by atoms with Gasteiger partial charge in [-0.05, 0) is 73.5 Å². The largest absolute Gasteiger partial charge is 0.497 e. The summed E-state index contributed by atoms with van der Waals surface area (Å²) in [6, 6.07) is 14.7. The number of fused-ring (bicyclic) bond motifs is 1. The Labute approximate surface area is 247 Å². The van der Waals surface area contributed by atoms with E-state index in [1.807, 2.05) is 4.90 Å². The number of likely N-dealkylation sites (tertiary alicyclic amines) is 1. The fraction of sp³-hybridized carbons (Fsp3) is 0.233. The molecule has 0 aliphatic carbocycles. The zero-order chi connectivity index (χ0) is 29.6.